The molecular formula is C49H25F6N3O2. The number of fused-ring (bicyclic) bond motifs is 14. The minimum atomic E-state index is -5.06. The van der Waals surface area contributed by atoms with Crippen LogP contribution in [0.15, 0.2) is 160 Å². The normalized spacial score (nSPS) is 12.8. The summed E-state index contributed by atoms with van der Waals surface area (Å²) >= 11 is 0. The van der Waals surface area contributed by atoms with Crippen LogP contribution in [0.5, 0.6) is 0 Å². The summed E-state index contributed by atoms with van der Waals surface area (Å²) in [7, 11) is 0. The molecule has 0 aliphatic rings. The predicted molar refractivity (Wildman–Crippen MR) is 223 cm³/mol. The Bertz CT molecular complexity index is 3530. The molecule has 0 aliphatic heterocycles. The van der Waals surface area contributed by atoms with Gasteiger partial charge in [-0.15, -0.1) is 0 Å². The molecule has 0 atom stereocenters. The second kappa shape index (κ2) is 12.0. The van der Waals surface area contributed by atoms with Gasteiger partial charge in [-0.05, 0) is 77.9 Å². The maximum atomic E-state index is 14.4. The van der Waals surface area contributed by atoms with E-state index in [1.807, 2.05) is 130 Å². The van der Waals surface area contributed by atoms with Crippen LogP contribution in [0.3, 0.4) is 0 Å². The van der Waals surface area contributed by atoms with Crippen molar-refractivity contribution in [2.45, 2.75) is 12.4 Å². The number of aromatic nitrogens is 3. The van der Waals surface area contributed by atoms with Gasteiger partial charge in [-0.25, -0.2) is 4.98 Å². The van der Waals surface area contributed by atoms with Crippen LogP contribution in [0.25, 0.3) is 110 Å². The third-order valence-corrected chi connectivity index (χ3v) is 11.5. The molecule has 60 heavy (non-hydrogen) atoms. The molecule has 0 bridgehead atoms. The van der Waals surface area contributed by atoms with Crippen molar-refractivity contribution in [2.75, 3.05) is 0 Å². The molecule has 5 heterocycles. The van der Waals surface area contributed by atoms with E-state index in [0.717, 1.165) is 55.2 Å². The van der Waals surface area contributed by atoms with Gasteiger partial charge in [0.2, 0.25) is 0 Å². The summed E-state index contributed by atoms with van der Waals surface area (Å²) in [5, 5.41) is 6.79. The van der Waals surface area contributed by atoms with Crippen molar-refractivity contribution < 1.29 is 35.2 Å². The maximum Gasteiger partial charge on any atom is 0.416 e. The number of hydrogen-bond acceptors (Lipinski definition) is 3. The van der Waals surface area contributed by atoms with Crippen LogP contribution in [0.4, 0.5) is 26.3 Å². The van der Waals surface area contributed by atoms with Crippen LogP contribution in [0.1, 0.15) is 11.1 Å². The molecule has 5 aromatic heterocycles. The average Bonchev–Trinajstić information content (AvgIpc) is 4.00. The largest absolute Gasteiger partial charge is 0.454 e. The number of para-hydroxylation sites is 4. The van der Waals surface area contributed by atoms with Crippen LogP contribution < -0.4 is 0 Å². The van der Waals surface area contributed by atoms with Crippen molar-refractivity contribution in [1.82, 2.24) is 14.1 Å². The Hall–Kier alpha value is -7.53. The van der Waals surface area contributed by atoms with Gasteiger partial charge >= 0.3 is 12.4 Å². The molecule has 0 fully saturated rings. The highest BCUT2D eigenvalue weighted by atomic mass is 19.4. The van der Waals surface area contributed by atoms with Gasteiger partial charge in [-0.2, -0.15) is 26.3 Å². The molecule has 12 aromatic rings. The number of rotatable bonds is 3. The Balaban J connectivity index is 1.26. The first-order valence-corrected chi connectivity index (χ1v) is 19.0. The van der Waals surface area contributed by atoms with Crippen LogP contribution in [-0.2, 0) is 12.4 Å². The summed E-state index contributed by atoms with van der Waals surface area (Å²) in [6.45, 7) is 0. The lowest BCUT2D eigenvalue weighted by Crippen LogP contribution is -2.11. The second-order valence-electron chi connectivity index (χ2n) is 14.9. The predicted octanol–water partition coefficient (Wildman–Crippen LogP) is 14.8. The van der Waals surface area contributed by atoms with E-state index >= 15 is 0 Å². The summed E-state index contributed by atoms with van der Waals surface area (Å²) < 4.78 is 103. The lowest BCUT2D eigenvalue weighted by atomic mass is 9.99. The Labute approximate surface area is 333 Å². The van der Waals surface area contributed by atoms with Gasteiger partial charge in [0.05, 0.1) is 33.2 Å². The summed E-state index contributed by atoms with van der Waals surface area (Å²) in [6.07, 6.45) is -10.1. The zero-order chi connectivity index (χ0) is 40.7. The highest BCUT2D eigenvalue weighted by Crippen LogP contribution is 2.45. The molecule has 12 rings (SSSR count). The second-order valence-corrected chi connectivity index (χ2v) is 14.9. The Morgan fingerprint density at radius 3 is 1.22 bits per heavy atom. The Morgan fingerprint density at radius 1 is 0.383 bits per heavy atom. The summed E-state index contributed by atoms with van der Waals surface area (Å²) in [4.78, 5) is 5.31. The monoisotopic (exact) mass is 801 g/mol. The van der Waals surface area contributed by atoms with E-state index in [-0.39, 0.29) is 28.8 Å². The highest BCUT2D eigenvalue weighted by Gasteiger charge is 2.37. The SMILES string of the molecule is FC(F)(F)c1cc(-c2cc(-n3c4ccccc4c4ccc5c6ccccc6oc5c43)nc(-n3c4ccccc4c4ccc5c6ccccc6oc5c43)c2)cc(C(F)(F)F)c1. The van der Waals surface area contributed by atoms with E-state index in [1.165, 1.54) is 12.1 Å². The summed E-state index contributed by atoms with van der Waals surface area (Å²) in [5.74, 6) is 0.491. The number of hydrogen-bond donors (Lipinski definition) is 0. The van der Waals surface area contributed by atoms with Gasteiger partial charge in [0.15, 0.2) is 11.2 Å². The van der Waals surface area contributed by atoms with Gasteiger partial charge < -0.3 is 8.83 Å². The van der Waals surface area contributed by atoms with E-state index in [4.69, 9.17) is 13.8 Å². The van der Waals surface area contributed by atoms with E-state index < -0.39 is 23.5 Å². The Kier molecular flexibility index (Phi) is 6.91. The van der Waals surface area contributed by atoms with E-state index in [0.29, 0.717) is 44.4 Å². The van der Waals surface area contributed by atoms with Crippen molar-refractivity contribution >= 4 is 87.5 Å². The molecule has 0 radical (unpaired) electrons. The molecular weight excluding hydrogens is 777 g/mol. The molecule has 0 N–H and O–H groups in total. The van der Waals surface area contributed by atoms with Crippen molar-refractivity contribution in [2.24, 2.45) is 0 Å². The lowest BCUT2D eigenvalue weighted by Gasteiger charge is -2.17. The van der Waals surface area contributed by atoms with E-state index in [1.54, 1.807) is 0 Å². The molecule has 290 valence electrons. The van der Waals surface area contributed by atoms with Gasteiger partial charge in [0.25, 0.3) is 0 Å². The quantitative estimate of drug-likeness (QED) is 0.167. The minimum Gasteiger partial charge on any atom is -0.454 e. The molecule has 0 spiro atoms. The van der Waals surface area contributed by atoms with Crippen molar-refractivity contribution in [3.8, 4) is 22.8 Å². The standard InChI is InChI=1S/C49H25F6N3O2/c50-48(51,52)28-21-26(22-29(25-28)49(53,54)55)27-23-42(57-38-13-5-1-9-30(38)34-17-19-36-32-11-3-7-15-40(32)59-46(36)44(34)57)56-43(24-27)58-39-14-6-2-10-31(39)35-18-20-37-33-12-4-8-16-41(33)60-47(37)45(35)58/h1-25H. The van der Waals surface area contributed by atoms with Crippen LogP contribution in [0, 0.1) is 0 Å². The number of halogens is 6. The average molecular weight is 802 g/mol. The topological polar surface area (TPSA) is 49.0 Å². The molecule has 0 unspecified atom stereocenters. The smallest absolute Gasteiger partial charge is 0.416 e. The third-order valence-electron chi connectivity index (χ3n) is 11.5. The molecule has 11 heteroatoms. The first-order valence-electron chi connectivity index (χ1n) is 19.0. The fourth-order valence-corrected chi connectivity index (χ4v) is 8.96. The fourth-order valence-electron chi connectivity index (χ4n) is 8.96. The van der Waals surface area contributed by atoms with E-state index in [2.05, 4.69) is 0 Å². The molecule has 0 aliphatic carbocycles. The molecule has 0 saturated carbocycles. The zero-order valence-corrected chi connectivity index (χ0v) is 30.9. The van der Waals surface area contributed by atoms with Crippen LogP contribution >= 0.6 is 0 Å². The zero-order valence-electron chi connectivity index (χ0n) is 30.9. The number of pyridine rings is 1. The van der Waals surface area contributed by atoms with Crippen molar-refractivity contribution in [3.05, 3.63) is 163 Å². The first kappa shape index (κ1) is 34.5. The Morgan fingerprint density at radius 2 is 0.767 bits per heavy atom. The lowest BCUT2D eigenvalue weighted by molar-refractivity contribution is -0.143. The third kappa shape index (κ3) is 4.92. The highest BCUT2D eigenvalue weighted by molar-refractivity contribution is 6.23. The molecule has 0 saturated heterocycles. The van der Waals surface area contributed by atoms with Crippen molar-refractivity contribution in [1.29, 1.82) is 0 Å². The van der Waals surface area contributed by atoms with Crippen LogP contribution in [0.2, 0.25) is 0 Å². The molecule has 0 amide bonds. The maximum absolute atomic E-state index is 14.4. The van der Waals surface area contributed by atoms with Crippen molar-refractivity contribution in [3.63, 3.8) is 0 Å². The molecule has 5 nitrogen and oxygen atoms in total. The van der Waals surface area contributed by atoms with E-state index in [9.17, 15) is 26.3 Å². The number of alkyl halides is 6. The van der Waals surface area contributed by atoms with Crippen LogP contribution in [-0.4, -0.2) is 14.1 Å². The number of benzene rings is 7. The minimum absolute atomic E-state index is 0.0806. The molecule has 7 aromatic carbocycles. The fraction of sp³-hybridized carbons (Fsp3) is 0.0408. The van der Waals surface area contributed by atoms with Gasteiger partial charge in [-0.1, -0.05) is 84.9 Å². The number of furan rings is 2. The summed E-state index contributed by atoms with van der Waals surface area (Å²) in [6, 6.07) is 43.3. The summed E-state index contributed by atoms with van der Waals surface area (Å²) in [5.41, 5.74) is 2.06. The number of nitrogens with zero attached hydrogens (tertiary/aromatic N) is 3. The van der Waals surface area contributed by atoms with Gasteiger partial charge in [0, 0.05) is 43.1 Å². The van der Waals surface area contributed by atoms with Gasteiger partial charge in [-0.3, -0.25) is 9.13 Å². The van der Waals surface area contributed by atoms with Gasteiger partial charge in [0.1, 0.15) is 22.8 Å². The first-order chi connectivity index (χ1) is 29.0.